The number of thioether (sulfide) groups is 1. The Hall–Kier alpha value is 0.270. The van der Waals surface area contributed by atoms with Gasteiger partial charge in [0.15, 0.2) is 0 Å². The van der Waals surface area contributed by atoms with E-state index in [0.717, 1.165) is 13.2 Å². The van der Waals surface area contributed by atoms with Gasteiger partial charge >= 0.3 is 0 Å². The molecule has 3 heteroatoms. The highest BCUT2D eigenvalue weighted by Gasteiger charge is 2.24. The normalized spacial score (nSPS) is 14.4. The summed E-state index contributed by atoms with van der Waals surface area (Å²) in [6.45, 7) is 8.56. The van der Waals surface area contributed by atoms with Gasteiger partial charge in [0.1, 0.15) is 0 Å². The summed E-state index contributed by atoms with van der Waals surface area (Å²) in [6, 6.07) is 0.449. The Kier molecular flexibility index (Phi) is 7.69. The van der Waals surface area contributed by atoms with Crippen LogP contribution in [-0.4, -0.2) is 37.3 Å². The molecule has 0 spiro atoms. The first kappa shape index (κ1) is 14.3. The number of hydrogen-bond donors (Lipinski definition) is 1. The molecule has 0 saturated carbocycles. The second-order valence-corrected chi connectivity index (χ2v) is 5.11. The summed E-state index contributed by atoms with van der Waals surface area (Å²) in [4.78, 5) is 0. The molecule has 0 rings (SSSR count). The van der Waals surface area contributed by atoms with Gasteiger partial charge in [-0.05, 0) is 26.0 Å². The van der Waals surface area contributed by atoms with Gasteiger partial charge in [-0.2, -0.15) is 11.8 Å². The maximum Gasteiger partial charge on any atom is 0.0613 e. The van der Waals surface area contributed by atoms with Crippen molar-refractivity contribution in [1.29, 1.82) is 0 Å². The van der Waals surface area contributed by atoms with Gasteiger partial charge in [0.2, 0.25) is 0 Å². The molecule has 0 radical (unpaired) electrons. The minimum Gasteiger partial charge on any atom is -0.383 e. The first-order valence-corrected chi connectivity index (χ1v) is 6.64. The van der Waals surface area contributed by atoms with E-state index in [1.807, 2.05) is 11.8 Å². The monoisotopic (exact) mass is 219 g/mol. The highest BCUT2D eigenvalue weighted by Crippen LogP contribution is 2.29. The molecule has 86 valence electrons. The summed E-state index contributed by atoms with van der Waals surface area (Å²) in [5.41, 5.74) is 0. The van der Waals surface area contributed by atoms with Gasteiger partial charge in [-0.1, -0.05) is 13.8 Å². The van der Waals surface area contributed by atoms with Crippen molar-refractivity contribution in [2.45, 2.75) is 44.4 Å². The molecule has 2 nitrogen and oxygen atoms in total. The number of hydrogen-bond acceptors (Lipinski definition) is 3. The van der Waals surface area contributed by atoms with Crippen LogP contribution in [0, 0.1) is 0 Å². The molecule has 1 atom stereocenters. The van der Waals surface area contributed by atoms with Crippen LogP contribution in [0.1, 0.15) is 33.6 Å². The van der Waals surface area contributed by atoms with E-state index in [-0.39, 0.29) is 0 Å². The Morgan fingerprint density at radius 1 is 1.36 bits per heavy atom. The summed E-state index contributed by atoms with van der Waals surface area (Å²) >= 11 is 1.97. The third-order valence-electron chi connectivity index (χ3n) is 2.91. The molecule has 0 aliphatic carbocycles. The molecule has 0 aliphatic heterocycles. The van der Waals surface area contributed by atoms with E-state index in [1.165, 1.54) is 12.8 Å². The van der Waals surface area contributed by atoms with E-state index in [4.69, 9.17) is 4.74 Å². The topological polar surface area (TPSA) is 21.3 Å². The molecule has 0 heterocycles. The lowest BCUT2D eigenvalue weighted by atomic mass is 10.0. The fraction of sp³-hybridized carbons (Fsp3) is 1.00. The Labute approximate surface area is 93.2 Å². The van der Waals surface area contributed by atoms with Gasteiger partial charge in [0.05, 0.1) is 6.61 Å². The maximum absolute atomic E-state index is 5.10. The van der Waals surface area contributed by atoms with Gasteiger partial charge in [-0.15, -0.1) is 0 Å². The van der Waals surface area contributed by atoms with Gasteiger partial charge in [-0.25, -0.2) is 0 Å². The molecule has 0 aromatic carbocycles. The zero-order chi connectivity index (χ0) is 11.0. The van der Waals surface area contributed by atoms with Crippen LogP contribution in [-0.2, 0) is 4.74 Å². The van der Waals surface area contributed by atoms with Gasteiger partial charge in [0, 0.05) is 24.4 Å². The quantitative estimate of drug-likeness (QED) is 0.678. The van der Waals surface area contributed by atoms with E-state index in [2.05, 4.69) is 32.3 Å². The minimum absolute atomic E-state index is 0.405. The van der Waals surface area contributed by atoms with E-state index in [1.54, 1.807) is 7.11 Å². The van der Waals surface area contributed by atoms with Crippen molar-refractivity contribution in [1.82, 2.24) is 5.32 Å². The molecular formula is C11H25NOS. The molecule has 1 unspecified atom stereocenters. The Morgan fingerprint density at radius 3 is 2.29 bits per heavy atom. The Balaban J connectivity index is 3.92. The highest BCUT2D eigenvalue weighted by atomic mass is 32.2. The second-order valence-electron chi connectivity index (χ2n) is 3.83. The average Bonchev–Trinajstić information content (AvgIpc) is 2.21. The van der Waals surface area contributed by atoms with Crippen LogP contribution in [0.15, 0.2) is 0 Å². The van der Waals surface area contributed by atoms with Crippen molar-refractivity contribution in [2.24, 2.45) is 0 Å². The maximum atomic E-state index is 5.10. The van der Waals surface area contributed by atoms with Crippen molar-refractivity contribution in [2.75, 3.05) is 26.5 Å². The lowest BCUT2D eigenvalue weighted by Crippen LogP contribution is -2.42. The van der Waals surface area contributed by atoms with Gasteiger partial charge in [-0.3, -0.25) is 0 Å². The molecule has 0 fully saturated rings. The zero-order valence-electron chi connectivity index (χ0n) is 10.2. The first-order chi connectivity index (χ1) is 6.64. The van der Waals surface area contributed by atoms with E-state index in [9.17, 15) is 0 Å². The second kappa shape index (κ2) is 7.55. The summed E-state index contributed by atoms with van der Waals surface area (Å²) in [6.07, 6.45) is 4.64. The fourth-order valence-corrected chi connectivity index (χ4v) is 2.34. The smallest absolute Gasteiger partial charge is 0.0613 e. The van der Waals surface area contributed by atoms with E-state index in [0.29, 0.717) is 10.8 Å². The third-order valence-corrected chi connectivity index (χ3v) is 4.50. The average molecular weight is 219 g/mol. The summed E-state index contributed by atoms with van der Waals surface area (Å²) in [5, 5.41) is 3.53. The lowest BCUT2D eigenvalue weighted by molar-refractivity contribution is 0.170. The van der Waals surface area contributed by atoms with Crippen molar-refractivity contribution >= 4 is 11.8 Å². The molecule has 0 amide bonds. The molecule has 0 saturated heterocycles. The molecule has 0 aromatic rings. The van der Waals surface area contributed by atoms with Crippen LogP contribution < -0.4 is 5.32 Å². The highest BCUT2D eigenvalue weighted by molar-refractivity contribution is 8.00. The number of ether oxygens (including phenoxy) is 1. The standard InChI is InChI=1S/C11H25NOS/c1-6-11(7-2,14-5)9-12-10(3)8-13-4/h10,12H,6-9H2,1-5H3. The summed E-state index contributed by atoms with van der Waals surface area (Å²) in [5.74, 6) is 0. The summed E-state index contributed by atoms with van der Waals surface area (Å²) in [7, 11) is 1.75. The molecule has 1 N–H and O–H groups in total. The van der Waals surface area contributed by atoms with Crippen LogP contribution in [0.5, 0.6) is 0 Å². The molecule has 14 heavy (non-hydrogen) atoms. The molecule has 0 aromatic heterocycles. The summed E-state index contributed by atoms with van der Waals surface area (Å²) < 4.78 is 5.51. The number of rotatable bonds is 8. The molecule has 0 bridgehead atoms. The van der Waals surface area contributed by atoms with Crippen LogP contribution in [0.4, 0.5) is 0 Å². The predicted octanol–water partition coefficient (Wildman–Crippen LogP) is 2.53. The van der Waals surface area contributed by atoms with Crippen molar-refractivity contribution in [3.8, 4) is 0 Å². The van der Waals surface area contributed by atoms with Crippen LogP contribution >= 0.6 is 11.8 Å². The first-order valence-electron chi connectivity index (χ1n) is 5.41. The van der Waals surface area contributed by atoms with Gasteiger partial charge in [0.25, 0.3) is 0 Å². The third kappa shape index (κ3) is 4.67. The van der Waals surface area contributed by atoms with Crippen LogP contribution in [0.2, 0.25) is 0 Å². The molecular weight excluding hydrogens is 194 g/mol. The van der Waals surface area contributed by atoms with Crippen LogP contribution in [0.3, 0.4) is 0 Å². The van der Waals surface area contributed by atoms with E-state index >= 15 is 0 Å². The van der Waals surface area contributed by atoms with Crippen molar-refractivity contribution in [3.63, 3.8) is 0 Å². The largest absolute Gasteiger partial charge is 0.383 e. The lowest BCUT2D eigenvalue weighted by Gasteiger charge is -2.31. The Morgan fingerprint density at radius 2 is 1.93 bits per heavy atom. The zero-order valence-corrected chi connectivity index (χ0v) is 11.0. The van der Waals surface area contributed by atoms with Crippen molar-refractivity contribution < 1.29 is 4.74 Å². The SMILES string of the molecule is CCC(CC)(CNC(C)COC)SC. The molecule has 0 aliphatic rings. The predicted molar refractivity (Wildman–Crippen MR) is 66.2 cm³/mol. The minimum atomic E-state index is 0.405. The number of methoxy groups -OCH3 is 1. The van der Waals surface area contributed by atoms with Gasteiger partial charge < -0.3 is 10.1 Å². The Bertz CT molecular complexity index is 129. The van der Waals surface area contributed by atoms with Crippen molar-refractivity contribution in [3.05, 3.63) is 0 Å². The fourth-order valence-electron chi connectivity index (χ4n) is 1.53. The number of nitrogens with one attached hydrogen (secondary N) is 1. The van der Waals surface area contributed by atoms with E-state index < -0.39 is 0 Å². The van der Waals surface area contributed by atoms with Crippen LogP contribution in [0.25, 0.3) is 0 Å².